The summed E-state index contributed by atoms with van der Waals surface area (Å²) in [6, 6.07) is 1.82. The van der Waals surface area contributed by atoms with Crippen molar-refractivity contribution in [3.05, 3.63) is 22.3 Å². The smallest absolute Gasteiger partial charge is 0.237 e. The number of carbonyl (C=O) groups is 1. The number of amides is 1. The number of halogens is 2. The van der Waals surface area contributed by atoms with E-state index < -0.39 is 14.3 Å². The topological polar surface area (TPSA) is 67.3 Å². The lowest BCUT2D eigenvalue weighted by molar-refractivity contribution is -0.117. The summed E-state index contributed by atoms with van der Waals surface area (Å²) in [5.41, 5.74) is 0.943. The number of anilines is 1. The Morgan fingerprint density at radius 2 is 2.22 bits per heavy atom. The third-order valence-corrected chi connectivity index (χ3v) is 5.15. The summed E-state index contributed by atoms with van der Waals surface area (Å²) in [5.74, 6) is 0.134. The van der Waals surface area contributed by atoms with Gasteiger partial charge >= 0.3 is 0 Å². The third kappa shape index (κ3) is 2.67. The molecular formula is C10H10BrClN2O3S. The molecule has 1 aliphatic rings. The van der Waals surface area contributed by atoms with Gasteiger partial charge in [0.1, 0.15) is 11.1 Å². The second-order valence-electron chi connectivity index (χ2n) is 4.12. The van der Waals surface area contributed by atoms with Crippen LogP contribution in [0.2, 0.25) is 0 Å². The van der Waals surface area contributed by atoms with Crippen LogP contribution < -0.4 is 4.90 Å². The molecule has 18 heavy (non-hydrogen) atoms. The van der Waals surface area contributed by atoms with Crippen molar-refractivity contribution in [1.29, 1.82) is 0 Å². The summed E-state index contributed by atoms with van der Waals surface area (Å²) in [6.07, 6.45) is 1.52. The first-order valence-corrected chi connectivity index (χ1v) is 8.31. The Kier molecular flexibility index (Phi) is 3.66. The molecule has 1 atom stereocenters. The number of carbonyl (C=O) groups excluding carboxylic acids is 1. The van der Waals surface area contributed by atoms with Crippen molar-refractivity contribution in [3.63, 3.8) is 0 Å². The predicted molar refractivity (Wildman–Crippen MR) is 72.2 cm³/mol. The zero-order valence-corrected chi connectivity index (χ0v) is 12.6. The molecule has 0 radical (unpaired) electrons. The van der Waals surface area contributed by atoms with Crippen LogP contribution in [0.25, 0.3) is 0 Å². The first kappa shape index (κ1) is 13.8. The minimum absolute atomic E-state index is 0.0410. The Labute approximate surface area is 118 Å². The summed E-state index contributed by atoms with van der Waals surface area (Å²) in [5, 5.41) is -0.873. The van der Waals surface area contributed by atoms with Crippen LogP contribution in [0.15, 0.2) is 16.7 Å². The third-order valence-electron chi connectivity index (χ3n) is 2.70. The minimum Gasteiger partial charge on any atom is -0.294 e. The molecule has 98 valence electrons. The highest BCUT2D eigenvalue weighted by Gasteiger charge is 2.39. The second kappa shape index (κ2) is 4.79. The largest absolute Gasteiger partial charge is 0.294 e. The van der Waals surface area contributed by atoms with E-state index in [0.29, 0.717) is 10.3 Å². The Bertz CT molecular complexity index is 605. The number of pyridine rings is 1. The lowest BCUT2D eigenvalue weighted by atomic mass is 10.3. The molecule has 1 fully saturated rings. The highest BCUT2D eigenvalue weighted by Crippen LogP contribution is 2.30. The van der Waals surface area contributed by atoms with Crippen molar-refractivity contribution in [2.24, 2.45) is 0 Å². The Morgan fingerprint density at radius 3 is 2.72 bits per heavy atom. The van der Waals surface area contributed by atoms with Crippen molar-refractivity contribution < 1.29 is 13.2 Å². The first-order chi connectivity index (χ1) is 8.29. The molecule has 0 bridgehead atoms. The Balaban J connectivity index is 2.33. The lowest BCUT2D eigenvalue weighted by Crippen LogP contribution is -2.27. The Hall–Kier alpha value is -0.660. The van der Waals surface area contributed by atoms with Crippen LogP contribution in [0, 0.1) is 6.92 Å². The van der Waals surface area contributed by atoms with Gasteiger partial charge in [-0.1, -0.05) is 0 Å². The van der Waals surface area contributed by atoms with Crippen LogP contribution in [-0.2, 0) is 13.8 Å². The molecule has 0 aromatic carbocycles. The number of hydrogen-bond donors (Lipinski definition) is 0. The van der Waals surface area contributed by atoms with Gasteiger partial charge in [-0.15, -0.1) is 0 Å². The standard InChI is InChI=1S/C10H10BrClN2O3S/c1-6-2-8(11)10(13-4-6)14-5-7(3-9(14)15)18(12,16)17/h2,4,7H,3,5H2,1H3. The maximum atomic E-state index is 11.8. The fraction of sp³-hybridized carbons (Fsp3) is 0.400. The number of aromatic nitrogens is 1. The maximum absolute atomic E-state index is 11.8. The van der Waals surface area contributed by atoms with Crippen LogP contribution in [0.5, 0.6) is 0 Å². The van der Waals surface area contributed by atoms with Gasteiger partial charge in [-0.3, -0.25) is 9.69 Å². The average molecular weight is 354 g/mol. The molecule has 1 saturated heterocycles. The highest BCUT2D eigenvalue weighted by molar-refractivity contribution is 9.10. The number of nitrogens with zero attached hydrogens (tertiary/aromatic N) is 2. The highest BCUT2D eigenvalue weighted by atomic mass is 79.9. The quantitative estimate of drug-likeness (QED) is 0.761. The van der Waals surface area contributed by atoms with E-state index in [1.165, 1.54) is 4.90 Å². The predicted octanol–water partition coefficient (Wildman–Crippen LogP) is 1.83. The average Bonchev–Trinajstić information content (AvgIpc) is 2.60. The lowest BCUT2D eigenvalue weighted by Gasteiger charge is -2.16. The number of aryl methyl sites for hydroxylation is 1. The van der Waals surface area contributed by atoms with Crippen molar-refractivity contribution >= 4 is 47.4 Å². The van der Waals surface area contributed by atoms with Gasteiger partial charge < -0.3 is 0 Å². The zero-order chi connectivity index (χ0) is 13.5. The zero-order valence-electron chi connectivity index (χ0n) is 9.43. The molecule has 1 aromatic rings. The van der Waals surface area contributed by atoms with Gasteiger partial charge in [-0.2, -0.15) is 0 Å². The maximum Gasteiger partial charge on any atom is 0.237 e. The summed E-state index contributed by atoms with van der Waals surface area (Å²) >= 11 is 3.32. The van der Waals surface area contributed by atoms with E-state index >= 15 is 0 Å². The molecule has 1 aliphatic heterocycles. The second-order valence-corrected chi connectivity index (χ2v) is 7.89. The van der Waals surface area contributed by atoms with Gasteiger partial charge in [0, 0.05) is 29.8 Å². The van der Waals surface area contributed by atoms with Crippen LogP contribution >= 0.6 is 26.6 Å². The molecule has 2 rings (SSSR count). The van der Waals surface area contributed by atoms with E-state index in [1.54, 1.807) is 6.20 Å². The molecule has 1 amide bonds. The summed E-state index contributed by atoms with van der Waals surface area (Å²) in [4.78, 5) is 17.3. The van der Waals surface area contributed by atoms with Gasteiger partial charge in [-0.25, -0.2) is 13.4 Å². The van der Waals surface area contributed by atoms with Crippen molar-refractivity contribution in [1.82, 2.24) is 4.98 Å². The Morgan fingerprint density at radius 1 is 1.56 bits per heavy atom. The molecule has 2 heterocycles. The first-order valence-electron chi connectivity index (χ1n) is 5.15. The van der Waals surface area contributed by atoms with Crippen molar-refractivity contribution in [2.45, 2.75) is 18.6 Å². The molecule has 0 aliphatic carbocycles. The molecule has 0 spiro atoms. The van der Waals surface area contributed by atoms with Gasteiger partial charge in [0.15, 0.2) is 0 Å². The normalized spacial score (nSPS) is 20.5. The molecule has 1 aromatic heterocycles. The van der Waals surface area contributed by atoms with Gasteiger partial charge in [0.25, 0.3) is 0 Å². The summed E-state index contributed by atoms with van der Waals surface area (Å²) in [6.45, 7) is 1.92. The van der Waals surface area contributed by atoms with E-state index in [1.807, 2.05) is 13.0 Å². The van der Waals surface area contributed by atoms with Crippen LogP contribution in [0.3, 0.4) is 0 Å². The monoisotopic (exact) mass is 352 g/mol. The van der Waals surface area contributed by atoms with E-state index in [-0.39, 0.29) is 18.9 Å². The SMILES string of the molecule is Cc1cnc(N2CC(S(=O)(=O)Cl)CC2=O)c(Br)c1. The summed E-state index contributed by atoms with van der Waals surface area (Å²) in [7, 11) is 1.55. The summed E-state index contributed by atoms with van der Waals surface area (Å²) < 4.78 is 23.2. The fourth-order valence-electron chi connectivity index (χ4n) is 1.79. The van der Waals surface area contributed by atoms with Gasteiger partial charge in [0.05, 0.1) is 4.47 Å². The molecule has 0 saturated carbocycles. The van der Waals surface area contributed by atoms with Crippen LogP contribution in [-0.4, -0.2) is 31.1 Å². The molecule has 0 N–H and O–H groups in total. The van der Waals surface area contributed by atoms with E-state index in [2.05, 4.69) is 20.9 Å². The van der Waals surface area contributed by atoms with E-state index in [9.17, 15) is 13.2 Å². The van der Waals surface area contributed by atoms with Crippen LogP contribution in [0.1, 0.15) is 12.0 Å². The molecular weight excluding hydrogens is 344 g/mol. The van der Waals surface area contributed by atoms with Crippen LogP contribution in [0.4, 0.5) is 5.82 Å². The number of rotatable bonds is 2. The van der Waals surface area contributed by atoms with Crippen molar-refractivity contribution in [3.8, 4) is 0 Å². The number of hydrogen-bond acceptors (Lipinski definition) is 4. The van der Waals surface area contributed by atoms with Crippen molar-refractivity contribution in [2.75, 3.05) is 11.4 Å². The fourth-order valence-corrected chi connectivity index (χ4v) is 3.50. The van der Waals surface area contributed by atoms with Gasteiger partial charge in [0.2, 0.25) is 15.0 Å². The minimum atomic E-state index is -3.73. The molecule has 1 unspecified atom stereocenters. The van der Waals surface area contributed by atoms with Gasteiger partial charge in [-0.05, 0) is 34.5 Å². The molecule has 5 nitrogen and oxygen atoms in total. The van der Waals surface area contributed by atoms with E-state index in [4.69, 9.17) is 10.7 Å². The van der Waals surface area contributed by atoms with E-state index in [0.717, 1.165) is 5.56 Å². The molecule has 8 heteroatoms.